The Labute approximate surface area is 186 Å². The molecule has 1 unspecified atom stereocenters. The van der Waals surface area contributed by atoms with E-state index in [1.165, 1.54) is 25.0 Å². The second kappa shape index (κ2) is 9.06. The van der Waals surface area contributed by atoms with Gasteiger partial charge in [0, 0.05) is 31.1 Å². The zero-order valence-electron chi connectivity index (χ0n) is 17.9. The summed E-state index contributed by atoms with van der Waals surface area (Å²) < 4.78 is 1.97. The van der Waals surface area contributed by atoms with Gasteiger partial charge in [0.25, 0.3) is 0 Å². The molecular weight excluding hydrogens is 410 g/mol. The molecule has 162 valence electrons. The van der Waals surface area contributed by atoms with Crippen LogP contribution in [0.5, 0.6) is 0 Å². The zero-order valence-corrected chi connectivity index (χ0v) is 18.7. The number of anilines is 1. The Hall–Kier alpha value is -2.93. The highest BCUT2D eigenvalue weighted by Gasteiger charge is 2.20. The van der Waals surface area contributed by atoms with Crippen molar-refractivity contribution in [3.05, 3.63) is 70.0 Å². The first kappa shape index (κ1) is 21.3. The normalized spacial score (nSPS) is 16.5. The second-order valence-corrected chi connectivity index (χ2v) is 9.28. The molecule has 0 aliphatic carbocycles. The fraction of sp³-hybridized carbons (Fsp3) is 0.375. The van der Waals surface area contributed by atoms with Crippen molar-refractivity contribution in [2.75, 3.05) is 18.0 Å². The fourth-order valence-electron chi connectivity index (χ4n) is 4.12. The molecular formula is C24H27N3O3S. The highest BCUT2D eigenvalue weighted by Crippen LogP contribution is 2.27. The molecule has 1 aliphatic rings. The first-order valence-corrected chi connectivity index (χ1v) is 11.5. The maximum absolute atomic E-state index is 13.0. The molecule has 7 heteroatoms. The molecule has 2 aromatic heterocycles. The number of carbonyl (C=O) groups excluding carboxylic acids is 1. The van der Waals surface area contributed by atoms with Crippen LogP contribution in [0.3, 0.4) is 0 Å². The van der Waals surface area contributed by atoms with Crippen LogP contribution in [0.1, 0.15) is 57.4 Å². The molecule has 1 saturated heterocycles. The fourth-order valence-corrected chi connectivity index (χ4v) is 4.97. The molecule has 1 N–H and O–H groups in total. The summed E-state index contributed by atoms with van der Waals surface area (Å²) in [6.07, 6.45) is 4.71. The molecule has 0 spiro atoms. The Balaban J connectivity index is 1.47. The minimum absolute atomic E-state index is 0.0106. The van der Waals surface area contributed by atoms with Crippen LogP contribution >= 0.6 is 11.3 Å². The van der Waals surface area contributed by atoms with Gasteiger partial charge in [-0.3, -0.25) is 4.79 Å². The van der Waals surface area contributed by atoms with Crippen molar-refractivity contribution >= 4 is 28.2 Å². The third-order valence-electron chi connectivity index (χ3n) is 5.68. The van der Waals surface area contributed by atoms with Gasteiger partial charge in [-0.1, -0.05) is 19.1 Å². The number of benzene rings is 1. The molecule has 0 radical (unpaired) electrons. The average Bonchev–Trinajstić information content (AvgIpc) is 3.35. The highest BCUT2D eigenvalue weighted by atomic mass is 32.1. The van der Waals surface area contributed by atoms with Crippen LogP contribution in [-0.2, 0) is 13.0 Å². The smallest absolute Gasteiger partial charge is 0.335 e. The molecule has 0 amide bonds. The maximum atomic E-state index is 13.0. The summed E-state index contributed by atoms with van der Waals surface area (Å²) in [5.41, 5.74) is 3.67. The van der Waals surface area contributed by atoms with E-state index in [4.69, 9.17) is 10.1 Å². The van der Waals surface area contributed by atoms with Gasteiger partial charge in [-0.2, -0.15) is 0 Å². The molecule has 3 heterocycles. The van der Waals surface area contributed by atoms with E-state index in [0.29, 0.717) is 18.2 Å². The van der Waals surface area contributed by atoms with Gasteiger partial charge in [-0.05, 0) is 55.0 Å². The quantitative estimate of drug-likeness (QED) is 0.544. The number of nitrogens with zero attached hydrogens (tertiary/aromatic N) is 3. The third kappa shape index (κ3) is 5.05. The molecule has 0 bridgehead atoms. The van der Waals surface area contributed by atoms with Gasteiger partial charge in [0.15, 0.2) is 10.9 Å². The monoisotopic (exact) mass is 437 g/mol. The van der Waals surface area contributed by atoms with E-state index in [1.54, 1.807) is 23.5 Å². The summed E-state index contributed by atoms with van der Waals surface area (Å²) in [6.45, 7) is 6.95. The Bertz CT molecular complexity index is 1080. The molecule has 0 saturated carbocycles. The number of aromatic nitrogens is 2. The lowest BCUT2D eigenvalue weighted by Gasteiger charge is -2.30. The summed E-state index contributed by atoms with van der Waals surface area (Å²) in [5.74, 6) is -0.262. The summed E-state index contributed by atoms with van der Waals surface area (Å²) in [5, 5.41) is 12.2. The maximum Gasteiger partial charge on any atom is 0.335 e. The standard InChI is InChI=1S/C24H27N3O3S/c1-16-4-3-9-26(12-16)24-25-20(15-31-24)14-27-13-17(2)10-21(27)22(28)11-18-5-7-19(8-6-18)23(29)30/h5-8,10,13,15-16H,3-4,9,11-12,14H2,1-2H3,(H,29,30). The predicted molar refractivity (Wildman–Crippen MR) is 122 cm³/mol. The second-order valence-electron chi connectivity index (χ2n) is 8.45. The van der Waals surface area contributed by atoms with Crippen LogP contribution < -0.4 is 4.90 Å². The number of Topliss-reactive ketones (excluding diaryl/α,β-unsaturated/α-hetero) is 1. The van der Waals surface area contributed by atoms with Gasteiger partial charge in [0.2, 0.25) is 0 Å². The zero-order chi connectivity index (χ0) is 22.0. The number of hydrogen-bond donors (Lipinski definition) is 1. The number of ketones is 1. The first-order chi connectivity index (χ1) is 14.9. The molecule has 1 atom stereocenters. The van der Waals surface area contributed by atoms with E-state index in [9.17, 15) is 9.59 Å². The van der Waals surface area contributed by atoms with E-state index < -0.39 is 5.97 Å². The number of carboxylic acids is 1. The van der Waals surface area contributed by atoms with E-state index in [1.807, 2.05) is 23.8 Å². The van der Waals surface area contributed by atoms with Crippen molar-refractivity contribution in [2.24, 2.45) is 5.92 Å². The summed E-state index contributed by atoms with van der Waals surface area (Å²) in [4.78, 5) is 31.2. The first-order valence-electron chi connectivity index (χ1n) is 10.6. The number of piperidine rings is 1. The number of aryl methyl sites for hydroxylation is 1. The minimum atomic E-state index is -0.968. The molecule has 1 aromatic carbocycles. The van der Waals surface area contributed by atoms with Gasteiger partial charge in [-0.15, -0.1) is 11.3 Å². The SMILES string of the molecule is Cc1cc(C(=O)Cc2ccc(C(=O)O)cc2)n(Cc2csc(N3CCCC(C)C3)n2)c1. The van der Waals surface area contributed by atoms with Crippen LogP contribution in [0.4, 0.5) is 5.13 Å². The topological polar surface area (TPSA) is 75.4 Å². The molecule has 4 rings (SSSR count). The van der Waals surface area contributed by atoms with Crippen molar-refractivity contribution in [1.82, 2.24) is 9.55 Å². The van der Waals surface area contributed by atoms with E-state index in [-0.39, 0.29) is 17.8 Å². The van der Waals surface area contributed by atoms with Crippen LogP contribution in [0.15, 0.2) is 41.9 Å². The number of carbonyl (C=O) groups is 2. The lowest BCUT2D eigenvalue weighted by Crippen LogP contribution is -2.34. The van der Waals surface area contributed by atoms with Crippen molar-refractivity contribution in [3.63, 3.8) is 0 Å². The number of aromatic carboxylic acids is 1. The molecule has 6 nitrogen and oxygen atoms in total. The van der Waals surface area contributed by atoms with Crippen LogP contribution in [0.25, 0.3) is 0 Å². The Morgan fingerprint density at radius 3 is 2.74 bits per heavy atom. The van der Waals surface area contributed by atoms with Crippen molar-refractivity contribution < 1.29 is 14.7 Å². The number of rotatable bonds is 7. The third-order valence-corrected chi connectivity index (χ3v) is 6.63. The van der Waals surface area contributed by atoms with E-state index in [0.717, 1.165) is 35.0 Å². The number of thiazole rings is 1. The predicted octanol–water partition coefficient (Wildman–Crippen LogP) is 4.66. The van der Waals surface area contributed by atoms with Gasteiger partial charge < -0.3 is 14.6 Å². The van der Waals surface area contributed by atoms with Gasteiger partial charge in [0.1, 0.15) is 0 Å². The Morgan fingerprint density at radius 1 is 1.26 bits per heavy atom. The van der Waals surface area contributed by atoms with Crippen molar-refractivity contribution in [1.29, 1.82) is 0 Å². The average molecular weight is 438 g/mol. The van der Waals surface area contributed by atoms with Crippen LogP contribution in [-0.4, -0.2) is 39.5 Å². The molecule has 3 aromatic rings. The summed E-state index contributed by atoms with van der Waals surface area (Å²) in [6, 6.07) is 8.39. The summed E-state index contributed by atoms with van der Waals surface area (Å²) >= 11 is 1.67. The van der Waals surface area contributed by atoms with E-state index in [2.05, 4.69) is 17.2 Å². The minimum Gasteiger partial charge on any atom is -0.478 e. The molecule has 31 heavy (non-hydrogen) atoms. The van der Waals surface area contributed by atoms with Gasteiger partial charge >= 0.3 is 5.97 Å². The van der Waals surface area contributed by atoms with Crippen molar-refractivity contribution in [3.8, 4) is 0 Å². The Morgan fingerprint density at radius 2 is 2.03 bits per heavy atom. The number of hydrogen-bond acceptors (Lipinski definition) is 5. The van der Waals surface area contributed by atoms with Crippen LogP contribution in [0.2, 0.25) is 0 Å². The molecule has 1 aliphatic heterocycles. The number of carboxylic acid groups (broad SMARTS) is 1. The summed E-state index contributed by atoms with van der Waals surface area (Å²) in [7, 11) is 0. The largest absolute Gasteiger partial charge is 0.478 e. The molecule has 1 fully saturated rings. The van der Waals surface area contributed by atoms with E-state index >= 15 is 0 Å². The Kier molecular flexibility index (Phi) is 6.23. The van der Waals surface area contributed by atoms with Crippen molar-refractivity contribution in [2.45, 2.75) is 39.7 Å². The van der Waals surface area contributed by atoms with Crippen LogP contribution in [0, 0.1) is 12.8 Å². The lowest BCUT2D eigenvalue weighted by atomic mass is 10.0. The highest BCUT2D eigenvalue weighted by molar-refractivity contribution is 7.13. The lowest BCUT2D eigenvalue weighted by molar-refractivity contribution is 0.0696. The van der Waals surface area contributed by atoms with Gasteiger partial charge in [-0.25, -0.2) is 9.78 Å². The van der Waals surface area contributed by atoms with Gasteiger partial charge in [0.05, 0.1) is 23.5 Å².